The highest BCUT2D eigenvalue weighted by Gasteiger charge is 2.21. The molecule has 34 heavy (non-hydrogen) atoms. The van der Waals surface area contributed by atoms with E-state index in [1.165, 1.54) is 12.3 Å². The minimum absolute atomic E-state index is 0.252. The summed E-state index contributed by atoms with van der Waals surface area (Å²) in [6.07, 6.45) is 6.85. The Kier molecular flexibility index (Phi) is 7.34. The fourth-order valence-electron chi connectivity index (χ4n) is 3.98. The van der Waals surface area contributed by atoms with E-state index in [0.29, 0.717) is 22.6 Å². The van der Waals surface area contributed by atoms with E-state index in [0.717, 1.165) is 37.2 Å². The van der Waals surface area contributed by atoms with Crippen molar-refractivity contribution in [2.45, 2.75) is 25.8 Å². The van der Waals surface area contributed by atoms with Gasteiger partial charge in [0.1, 0.15) is 5.82 Å². The first-order valence-corrected chi connectivity index (χ1v) is 11.2. The molecule has 3 aromatic rings. The monoisotopic (exact) mass is 465 g/mol. The Morgan fingerprint density at radius 2 is 1.88 bits per heavy atom. The van der Waals surface area contributed by atoms with Gasteiger partial charge in [-0.05, 0) is 44.0 Å². The van der Waals surface area contributed by atoms with Gasteiger partial charge in [0.2, 0.25) is 0 Å². The number of aliphatic hydroxyl groups excluding tert-OH is 2. The Morgan fingerprint density at radius 3 is 2.62 bits per heavy atom. The Labute approximate surface area is 197 Å². The molecule has 0 bridgehead atoms. The van der Waals surface area contributed by atoms with Gasteiger partial charge in [-0.25, -0.2) is 4.39 Å². The van der Waals surface area contributed by atoms with Gasteiger partial charge in [-0.1, -0.05) is 11.6 Å². The van der Waals surface area contributed by atoms with Gasteiger partial charge in [0.15, 0.2) is 0 Å². The molecule has 0 unspecified atom stereocenters. The summed E-state index contributed by atoms with van der Waals surface area (Å²) < 4.78 is 14.6. The molecule has 1 aliphatic rings. The van der Waals surface area contributed by atoms with Crippen LogP contribution >= 0.6 is 0 Å². The third-order valence-corrected chi connectivity index (χ3v) is 5.84. The molecular weight excluding hydrogens is 437 g/mol. The summed E-state index contributed by atoms with van der Waals surface area (Å²) in [5, 5.41) is 24.5. The van der Waals surface area contributed by atoms with Crippen LogP contribution in [0.15, 0.2) is 48.9 Å². The fraction of sp³-hybridized carbons (Fsp3) is 0.320. The van der Waals surface area contributed by atoms with E-state index in [-0.39, 0.29) is 24.6 Å². The van der Waals surface area contributed by atoms with Crippen LogP contribution in [0.25, 0.3) is 11.3 Å². The molecule has 9 heteroatoms. The van der Waals surface area contributed by atoms with Gasteiger partial charge in [-0.2, -0.15) is 0 Å². The number of hydrogen-bond donors (Lipinski definition) is 4. The summed E-state index contributed by atoms with van der Waals surface area (Å²) in [5.41, 5.74) is 4.10. The van der Waals surface area contributed by atoms with Crippen molar-refractivity contribution in [2.24, 2.45) is 0 Å². The summed E-state index contributed by atoms with van der Waals surface area (Å²) in [4.78, 5) is 23.6. The largest absolute Gasteiger partial charge is 0.394 e. The van der Waals surface area contributed by atoms with Crippen LogP contribution in [0.4, 0.5) is 21.5 Å². The standard InChI is InChI=1S/C25H28FN5O3/c1-16-4-5-20(26)18(10-16)22-11-23(24(13-28-22)31-8-2-3-9-31)30-21-6-7-27-12-19(21)25(34)29-17(14-32)15-33/h4-7,10-13,17,32-33H,2-3,8-9,14-15H2,1H3,(H,29,34)(H,27,28,30). The van der Waals surface area contributed by atoms with Gasteiger partial charge in [0, 0.05) is 31.0 Å². The van der Waals surface area contributed by atoms with Gasteiger partial charge in [0.05, 0.1) is 53.8 Å². The third-order valence-electron chi connectivity index (χ3n) is 5.84. The van der Waals surface area contributed by atoms with E-state index in [1.54, 1.807) is 36.7 Å². The van der Waals surface area contributed by atoms with E-state index in [2.05, 4.69) is 25.5 Å². The molecule has 1 aliphatic heterocycles. The van der Waals surface area contributed by atoms with Crippen LogP contribution < -0.4 is 15.5 Å². The summed E-state index contributed by atoms with van der Waals surface area (Å²) >= 11 is 0. The number of aromatic nitrogens is 2. The Bertz CT molecular complexity index is 1160. The Hall–Kier alpha value is -3.56. The van der Waals surface area contributed by atoms with Crippen LogP contribution in [-0.2, 0) is 0 Å². The zero-order chi connectivity index (χ0) is 24.1. The Balaban J connectivity index is 1.73. The molecule has 0 atom stereocenters. The second-order valence-corrected chi connectivity index (χ2v) is 8.35. The van der Waals surface area contributed by atoms with Crippen molar-refractivity contribution >= 4 is 23.0 Å². The lowest BCUT2D eigenvalue weighted by Gasteiger charge is -2.23. The maximum atomic E-state index is 14.6. The lowest BCUT2D eigenvalue weighted by Crippen LogP contribution is -2.40. The molecule has 1 aromatic carbocycles. The maximum absolute atomic E-state index is 14.6. The normalized spacial score (nSPS) is 13.4. The third kappa shape index (κ3) is 5.16. The van der Waals surface area contributed by atoms with Crippen molar-refractivity contribution in [2.75, 3.05) is 36.5 Å². The van der Waals surface area contributed by atoms with Crippen molar-refractivity contribution in [3.8, 4) is 11.3 Å². The van der Waals surface area contributed by atoms with Crippen molar-refractivity contribution in [3.63, 3.8) is 0 Å². The zero-order valence-electron chi connectivity index (χ0n) is 19.0. The number of carbonyl (C=O) groups excluding carboxylic acids is 1. The quantitative estimate of drug-likeness (QED) is 0.405. The molecule has 2 aromatic heterocycles. The van der Waals surface area contributed by atoms with Gasteiger partial charge in [-0.15, -0.1) is 0 Å². The number of carbonyl (C=O) groups is 1. The van der Waals surface area contributed by atoms with E-state index < -0.39 is 11.9 Å². The predicted molar refractivity (Wildman–Crippen MR) is 129 cm³/mol. The van der Waals surface area contributed by atoms with Crippen LogP contribution in [0.1, 0.15) is 28.8 Å². The zero-order valence-corrected chi connectivity index (χ0v) is 19.0. The number of aryl methyl sites for hydroxylation is 1. The molecule has 3 heterocycles. The van der Waals surface area contributed by atoms with Crippen LogP contribution in [0.5, 0.6) is 0 Å². The number of nitrogens with one attached hydrogen (secondary N) is 2. The SMILES string of the molecule is Cc1ccc(F)c(-c2cc(Nc3ccncc3C(=O)NC(CO)CO)c(N3CCCC3)cn2)c1. The highest BCUT2D eigenvalue weighted by atomic mass is 19.1. The number of halogens is 1. The molecule has 0 radical (unpaired) electrons. The van der Waals surface area contributed by atoms with E-state index in [1.807, 2.05) is 6.92 Å². The first-order valence-electron chi connectivity index (χ1n) is 11.2. The van der Waals surface area contributed by atoms with Gasteiger partial charge >= 0.3 is 0 Å². The second-order valence-electron chi connectivity index (χ2n) is 8.35. The number of aliphatic hydroxyl groups is 2. The van der Waals surface area contributed by atoms with E-state index in [9.17, 15) is 19.4 Å². The molecule has 0 spiro atoms. The molecular formula is C25H28FN5O3. The van der Waals surface area contributed by atoms with Gasteiger partial charge in [-0.3, -0.25) is 14.8 Å². The minimum Gasteiger partial charge on any atom is -0.394 e. The molecule has 0 aliphatic carbocycles. The first-order chi connectivity index (χ1) is 16.5. The molecule has 0 saturated carbocycles. The van der Waals surface area contributed by atoms with Crippen LogP contribution in [-0.4, -0.2) is 58.4 Å². The minimum atomic E-state index is -0.780. The summed E-state index contributed by atoms with van der Waals surface area (Å²) in [6.45, 7) is 2.88. The molecule has 1 saturated heterocycles. The highest BCUT2D eigenvalue weighted by molar-refractivity contribution is 6.00. The molecule has 4 rings (SSSR count). The number of rotatable bonds is 8. The highest BCUT2D eigenvalue weighted by Crippen LogP contribution is 2.35. The average molecular weight is 466 g/mol. The Morgan fingerprint density at radius 1 is 1.12 bits per heavy atom. The predicted octanol–water partition coefficient (Wildman–Crippen LogP) is 3.02. The number of pyridine rings is 2. The summed E-state index contributed by atoms with van der Waals surface area (Å²) in [6, 6.07) is 7.58. The van der Waals surface area contributed by atoms with E-state index >= 15 is 0 Å². The maximum Gasteiger partial charge on any atom is 0.255 e. The van der Waals surface area contributed by atoms with Crippen LogP contribution in [0.2, 0.25) is 0 Å². The molecule has 4 N–H and O–H groups in total. The molecule has 1 amide bonds. The molecule has 8 nitrogen and oxygen atoms in total. The molecule has 1 fully saturated rings. The van der Waals surface area contributed by atoms with Crippen LogP contribution in [0, 0.1) is 12.7 Å². The van der Waals surface area contributed by atoms with E-state index in [4.69, 9.17) is 0 Å². The number of benzene rings is 1. The lowest BCUT2D eigenvalue weighted by atomic mass is 10.1. The van der Waals surface area contributed by atoms with Crippen molar-refractivity contribution in [1.82, 2.24) is 15.3 Å². The first kappa shape index (κ1) is 23.6. The number of anilines is 3. The topological polar surface area (TPSA) is 111 Å². The van der Waals surface area contributed by atoms with Crippen molar-refractivity contribution in [3.05, 3.63) is 65.9 Å². The number of amides is 1. The summed E-state index contributed by atoms with van der Waals surface area (Å²) in [7, 11) is 0. The smallest absolute Gasteiger partial charge is 0.255 e. The van der Waals surface area contributed by atoms with Gasteiger partial charge < -0.3 is 25.7 Å². The fourth-order valence-corrected chi connectivity index (χ4v) is 3.98. The average Bonchev–Trinajstić information content (AvgIpc) is 3.39. The van der Waals surface area contributed by atoms with Crippen LogP contribution in [0.3, 0.4) is 0 Å². The number of nitrogens with zero attached hydrogens (tertiary/aromatic N) is 3. The second kappa shape index (κ2) is 10.6. The van der Waals surface area contributed by atoms with Crippen molar-refractivity contribution < 1.29 is 19.4 Å². The lowest BCUT2D eigenvalue weighted by molar-refractivity contribution is 0.0880. The number of hydrogen-bond acceptors (Lipinski definition) is 7. The van der Waals surface area contributed by atoms with Gasteiger partial charge in [0.25, 0.3) is 5.91 Å². The summed E-state index contributed by atoms with van der Waals surface area (Å²) in [5.74, 6) is -0.841. The molecule has 178 valence electrons. The van der Waals surface area contributed by atoms with Crippen molar-refractivity contribution in [1.29, 1.82) is 0 Å².